The number of nitrogens with zero attached hydrogens (tertiary/aromatic N) is 1. The van der Waals surface area contributed by atoms with Crippen LogP contribution in [0.5, 0.6) is 5.75 Å². The van der Waals surface area contributed by atoms with Crippen molar-refractivity contribution in [1.29, 1.82) is 0 Å². The van der Waals surface area contributed by atoms with Gasteiger partial charge in [0.05, 0.1) is 29.9 Å². The molecular weight excluding hydrogens is 302 g/mol. The lowest BCUT2D eigenvalue weighted by Crippen LogP contribution is -2.29. The summed E-state index contributed by atoms with van der Waals surface area (Å²) >= 11 is 0. The van der Waals surface area contributed by atoms with Crippen molar-refractivity contribution in [1.82, 2.24) is 10.3 Å². The van der Waals surface area contributed by atoms with Crippen LogP contribution in [0.25, 0.3) is 21.8 Å². The fraction of sp³-hybridized carbons (Fsp3) is 0.316. The average molecular weight is 325 g/mol. The maximum absolute atomic E-state index is 9.30. The van der Waals surface area contributed by atoms with Crippen LogP contribution in [0.1, 0.15) is 6.92 Å². The second-order valence-electron chi connectivity index (χ2n) is 5.87. The maximum Gasteiger partial charge on any atom is 0.119 e. The van der Waals surface area contributed by atoms with E-state index in [1.165, 1.54) is 0 Å². The topological polar surface area (TPSA) is 66.4 Å². The Balaban J connectivity index is 1.94. The van der Waals surface area contributed by atoms with Crippen molar-refractivity contribution in [2.45, 2.75) is 13.0 Å². The number of rotatable bonds is 7. The Kier molecular flexibility index (Phi) is 5.13. The highest BCUT2D eigenvalue weighted by molar-refractivity contribution is 6.07. The molecule has 24 heavy (non-hydrogen) atoms. The van der Waals surface area contributed by atoms with E-state index in [1.54, 1.807) is 14.0 Å². The third-order valence-corrected chi connectivity index (χ3v) is 3.93. The molecule has 5 heteroatoms. The lowest BCUT2D eigenvalue weighted by molar-refractivity contribution is 0.192. The molecule has 3 rings (SSSR count). The molecule has 3 N–H and O–H groups in total. The van der Waals surface area contributed by atoms with Gasteiger partial charge < -0.3 is 20.5 Å². The van der Waals surface area contributed by atoms with Crippen molar-refractivity contribution >= 4 is 27.5 Å². The number of ether oxygens (including phenoxy) is 1. The van der Waals surface area contributed by atoms with Gasteiger partial charge in [-0.1, -0.05) is 18.2 Å². The summed E-state index contributed by atoms with van der Waals surface area (Å²) in [5.74, 6) is 0.815. The molecule has 0 radical (unpaired) electrons. The standard InChI is InChI=1S/C19H23N3O2/c1-13(23)12-20-9-10-21-19-15-5-3-4-6-17(15)22-18-8-7-14(24-2)11-16(18)19/h3-8,11,13,20,23H,9-10,12H2,1-2H3,(H,21,22)/t13-/m0/s1. The summed E-state index contributed by atoms with van der Waals surface area (Å²) in [5.41, 5.74) is 2.97. The minimum Gasteiger partial charge on any atom is -0.497 e. The zero-order valence-corrected chi connectivity index (χ0v) is 14.0. The fourth-order valence-corrected chi connectivity index (χ4v) is 2.77. The van der Waals surface area contributed by atoms with Crippen LogP contribution in [0.15, 0.2) is 42.5 Å². The number of pyridine rings is 1. The minimum absolute atomic E-state index is 0.336. The highest BCUT2D eigenvalue weighted by atomic mass is 16.5. The predicted molar refractivity (Wildman–Crippen MR) is 98.8 cm³/mol. The van der Waals surface area contributed by atoms with Crippen molar-refractivity contribution in [2.75, 3.05) is 32.1 Å². The molecule has 126 valence electrons. The Morgan fingerprint density at radius 2 is 1.88 bits per heavy atom. The highest BCUT2D eigenvalue weighted by Crippen LogP contribution is 2.32. The summed E-state index contributed by atoms with van der Waals surface area (Å²) in [6, 6.07) is 14.0. The Morgan fingerprint density at radius 3 is 2.67 bits per heavy atom. The Labute approximate surface area is 141 Å². The smallest absolute Gasteiger partial charge is 0.119 e. The summed E-state index contributed by atoms with van der Waals surface area (Å²) in [6.07, 6.45) is -0.336. The summed E-state index contributed by atoms with van der Waals surface area (Å²) in [6.45, 7) is 3.89. The van der Waals surface area contributed by atoms with Gasteiger partial charge >= 0.3 is 0 Å². The van der Waals surface area contributed by atoms with Gasteiger partial charge in [0.1, 0.15) is 5.75 Å². The number of benzene rings is 2. The number of aromatic nitrogens is 1. The molecule has 5 nitrogen and oxygen atoms in total. The first-order chi connectivity index (χ1) is 11.7. The second kappa shape index (κ2) is 7.47. The van der Waals surface area contributed by atoms with E-state index in [0.717, 1.165) is 46.3 Å². The number of para-hydroxylation sites is 1. The normalized spacial score (nSPS) is 12.5. The van der Waals surface area contributed by atoms with Crippen LogP contribution in [0.4, 0.5) is 5.69 Å². The van der Waals surface area contributed by atoms with Crippen LogP contribution >= 0.6 is 0 Å². The van der Waals surface area contributed by atoms with Gasteiger partial charge in [0.15, 0.2) is 0 Å². The van der Waals surface area contributed by atoms with E-state index in [4.69, 9.17) is 9.72 Å². The van der Waals surface area contributed by atoms with Gasteiger partial charge in [0.2, 0.25) is 0 Å². The quantitative estimate of drug-likeness (QED) is 0.460. The molecule has 1 atom stereocenters. The Hall–Kier alpha value is -2.37. The highest BCUT2D eigenvalue weighted by Gasteiger charge is 2.09. The molecule has 0 unspecified atom stereocenters. The molecule has 0 saturated heterocycles. The Bertz CT molecular complexity index is 833. The van der Waals surface area contributed by atoms with Gasteiger partial charge in [-0.2, -0.15) is 0 Å². The minimum atomic E-state index is -0.336. The molecule has 0 saturated carbocycles. The molecule has 0 aliphatic carbocycles. The number of aliphatic hydroxyl groups excluding tert-OH is 1. The molecule has 1 heterocycles. The molecule has 0 fully saturated rings. The zero-order valence-electron chi connectivity index (χ0n) is 14.0. The Morgan fingerprint density at radius 1 is 1.08 bits per heavy atom. The van der Waals surface area contributed by atoms with Crippen molar-refractivity contribution in [3.63, 3.8) is 0 Å². The van der Waals surface area contributed by atoms with Gasteiger partial charge in [-0.25, -0.2) is 4.98 Å². The van der Waals surface area contributed by atoms with E-state index in [2.05, 4.69) is 16.7 Å². The molecule has 0 spiro atoms. The van der Waals surface area contributed by atoms with Gasteiger partial charge in [-0.3, -0.25) is 0 Å². The van der Waals surface area contributed by atoms with Gasteiger partial charge in [0, 0.05) is 30.4 Å². The van der Waals surface area contributed by atoms with E-state index in [1.807, 2.05) is 36.4 Å². The van der Waals surface area contributed by atoms with Crippen LogP contribution in [-0.2, 0) is 0 Å². The third-order valence-electron chi connectivity index (χ3n) is 3.93. The van der Waals surface area contributed by atoms with Crippen molar-refractivity contribution < 1.29 is 9.84 Å². The van der Waals surface area contributed by atoms with Crippen LogP contribution < -0.4 is 15.4 Å². The van der Waals surface area contributed by atoms with E-state index >= 15 is 0 Å². The second-order valence-corrected chi connectivity index (χ2v) is 5.87. The summed E-state index contributed by atoms with van der Waals surface area (Å²) in [7, 11) is 1.67. The van der Waals surface area contributed by atoms with E-state index < -0.39 is 0 Å². The van der Waals surface area contributed by atoms with Gasteiger partial charge in [-0.05, 0) is 31.2 Å². The molecule has 0 amide bonds. The molecule has 0 bridgehead atoms. The molecule has 1 aromatic heterocycles. The SMILES string of the molecule is COc1ccc2nc3ccccc3c(NCCNC[C@H](C)O)c2c1. The predicted octanol–water partition coefficient (Wildman–Crippen LogP) is 2.78. The number of anilines is 1. The zero-order chi connectivity index (χ0) is 16.9. The fourth-order valence-electron chi connectivity index (χ4n) is 2.77. The lowest BCUT2D eigenvalue weighted by Gasteiger charge is -2.14. The van der Waals surface area contributed by atoms with Crippen molar-refractivity contribution in [2.24, 2.45) is 0 Å². The molecule has 0 aliphatic rings. The summed E-state index contributed by atoms with van der Waals surface area (Å²) < 4.78 is 5.36. The number of hydrogen-bond acceptors (Lipinski definition) is 5. The first kappa shape index (κ1) is 16.5. The largest absolute Gasteiger partial charge is 0.497 e. The summed E-state index contributed by atoms with van der Waals surface area (Å²) in [5, 5.41) is 18.2. The van der Waals surface area contributed by atoms with Crippen LogP contribution in [0.2, 0.25) is 0 Å². The number of aliphatic hydroxyl groups is 1. The number of hydrogen-bond donors (Lipinski definition) is 3. The maximum atomic E-state index is 9.30. The van der Waals surface area contributed by atoms with E-state index in [0.29, 0.717) is 6.54 Å². The van der Waals surface area contributed by atoms with Crippen LogP contribution in [-0.4, -0.2) is 42.9 Å². The first-order valence-electron chi connectivity index (χ1n) is 8.18. The van der Waals surface area contributed by atoms with Crippen LogP contribution in [0.3, 0.4) is 0 Å². The monoisotopic (exact) mass is 325 g/mol. The lowest BCUT2D eigenvalue weighted by atomic mass is 10.1. The first-order valence-corrected chi connectivity index (χ1v) is 8.18. The number of methoxy groups -OCH3 is 1. The van der Waals surface area contributed by atoms with Crippen molar-refractivity contribution in [3.8, 4) is 5.75 Å². The van der Waals surface area contributed by atoms with E-state index in [9.17, 15) is 5.11 Å². The van der Waals surface area contributed by atoms with Crippen LogP contribution in [0, 0.1) is 0 Å². The van der Waals surface area contributed by atoms with Crippen molar-refractivity contribution in [3.05, 3.63) is 42.5 Å². The average Bonchev–Trinajstić information content (AvgIpc) is 2.60. The molecular formula is C19H23N3O2. The molecule has 0 aliphatic heterocycles. The summed E-state index contributed by atoms with van der Waals surface area (Å²) in [4.78, 5) is 4.74. The van der Waals surface area contributed by atoms with E-state index in [-0.39, 0.29) is 6.10 Å². The molecule has 3 aromatic rings. The third kappa shape index (κ3) is 3.58. The number of nitrogens with one attached hydrogen (secondary N) is 2. The number of fused-ring (bicyclic) bond motifs is 2. The molecule has 2 aromatic carbocycles. The van der Waals surface area contributed by atoms with Gasteiger partial charge in [-0.15, -0.1) is 0 Å². The van der Waals surface area contributed by atoms with Gasteiger partial charge in [0.25, 0.3) is 0 Å².